The van der Waals surface area contributed by atoms with Crippen LogP contribution in [0.2, 0.25) is 0 Å². The first-order chi connectivity index (χ1) is 31.8. The van der Waals surface area contributed by atoms with Crippen LogP contribution >= 0.6 is 0 Å². The number of carbonyl (C=O) groups excluding carboxylic acids is 1. The Kier molecular flexibility index (Phi) is 42.4. The van der Waals surface area contributed by atoms with Crippen LogP contribution in [0, 0.1) is 0 Å². The van der Waals surface area contributed by atoms with Crippen LogP contribution in [0.15, 0.2) is 36.5 Å². The van der Waals surface area contributed by atoms with Crippen molar-refractivity contribution in [1.29, 1.82) is 0 Å². The van der Waals surface area contributed by atoms with Gasteiger partial charge in [0.2, 0.25) is 5.91 Å². The van der Waals surface area contributed by atoms with Gasteiger partial charge in [-0.05, 0) is 57.8 Å². The van der Waals surface area contributed by atoms with E-state index in [0.717, 1.165) is 32.1 Å². The molecule has 10 nitrogen and oxygen atoms in total. The smallest absolute Gasteiger partial charge is 0.249 e. The fraction of sp³-hybridized carbons (Fsp3) is 0.873. The van der Waals surface area contributed by atoms with Gasteiger partial charge in [-0.25, -0.2) is 0 Å². The molecule has 1 rings (SSSR count). The molecule has 0 spiro atoms. The van der Waals surface area contributed by atoms with Gasteiger partial charge in [-0.1, -0.05) is 224 Å². The highest BCUT2D eigenvalue weighted by atomic mass is 16.7. The number of aliphatic hydroxyl groups excluding tert-OH is 6. The van der Waals surface area contributed by atoms with Crippen LogP contribution in [0.1, 0.15) is 245 Å². The number of amides is 1. The summed E-state index contributed by atoms with van der Waals surface area (Å²) in [5.41, 5.74) is 0. The standard InChI is InChI=1S/C55H103NO9/c1-3-5-7-9-11-13-15-17-18-19-20-21-22-23-24-25-26-27-28-29-30-31-32-34-36-38-40-42-44-49(59)54(63)56-47(46-64-55-53(62)52(61)51(60)50(45-57)65-55)48(58)43-41-39-37-35-33-16-14-12-10-8-6-4-2/h23-24,33,35,41,43,47-53,55,57-62H,3-22,25-32,34,36-40,42,44-46H2,1-2H3,(H,56,63)/b24-23-,35-33+,43-41+. The summed E-state index contributed by atoms with van der Waals surface area (Å²) < 4.78 is 11.1. The predicted molar refractivity (Wildman–Crippen MR) is 269 cm³/mol. The second kappa shape index (κ2) is 44.9. The maximum absolute atomic E-state index is 13.1. The van der Waals surface area contributed by atoms with E-state index in [4.69, 9.17) is 9.47 Å². The molecule has 1 heterocycles. The molecule has 8 atom stereocenters. The summed E-state index contributed by atoms with van der Waals surface area (Å²) in [7, 11) is 0. The highest BCUT2D eigenvalue weighted by Crippen LogP contribution is 2.23. The van der Waals surface area contributed by atoms with Gasteiger partial charge < -0.3 is 45.4 Å². The molecular formula is C55H103NO9. The first-order valence-corrected chi connectivity index (χ1v) is 27.3. The molecule has 1 saturated heterocycles. The summed E-state index contributed by atoms with van der Waals surface area (Å²) in [6.45, 7) is 3.59. The molecule has 0 aromatic heterocycles. The monoisotopic (exact) mass is 922 g/mol. The number of hydrogen-bond acceptors (Lipinski definition) is 9. The fourth-order valence-corrected chi connectivity index (χ4v) is 8.59. The number of ether oxygens (including phenoxy) is 2. The molecule has 1 fully saturated rings. The second-order valence-corrected chi connectivity index (χ2v) is 19.2. The van der Waals surface area contributed by atoms with Gasteiger partial charge in [-0.3, -0.25) is 4.79 Å². The summed E-state index contributed by atoms with van der Waals surface area (Å²) in [5.74, 6) is -0.626. The van der Waals surface area contributed by atoms with Crippen LogP contribution < -0.4 is 5.32 Å². The second-order valence-electron chi connectivity index (χ2n) is 19.2. The third-order valence-corrected chi connectivity index (χ3v) is 13.0. The Hall–Kier alpha value is -1.63. The normalized spacial score (nSPS) is 20.6. The minimum atomic E-state index is -1.61. The van der Waals surface area contributed by atoms with Gasteiger partial charge in [0.05, 0.1) is 25.4 Å². The van der Waals surface area contributed by atoms with Crippen molar-refractivity contribution in [3.8, 4) is 0 Å². The SMILES string of the molecule is CCCCCCCC/C=C/CC/C=C/C(O)C(COC1OC(CO)C(O)C(O)C1O)NC(=O)C(O)CCCCCCCCCCCCCC/C=C\CCCCCCCCCCCCCC. The zero-order valence-corrected chi connectivity index (χ0v) is 41.9. The minimum Gasteiger partial charge on any atom is -0.394 e. The van der Waals surface area contributed by atoms with Crippen LogP contribution in [0.4, 0.5) is 0 Å². The number of unbranched alkanes of at least 4 members (excludes halogenated alkanes) is 31. The zero-order valence-electron chi connectivity index (χ0n) is 41.9. The number of carbonyl (C=O) groups is 1. The van der Waals surface area contributed by atoms with E-state index in [9.17, 15) is 35.4 Å². The van der Waals surface area contributed by atoms with Gasteiger partial charge in [0, 0.05) is 0 Å². The Balaban J connectivity index is 2.22. The Labute approximate surface area is 398 Å². The summed E-state index contributed by atoms with van der Waals surface area (Å²) >= 11 is 0. The van der Waals surface area contributed by atoms with Crippen molar-refractivity contribution in [2.45, 2.75) is 294 Å². The van der Waals surface area contributed by atoms with E-state index in [1.54, 1.807) is 6.08 Å². The van der Waals surface area contributed by atoms with E-state index in [2.05, 4.69) is 43.5 Å². The summed E-state index contributed by atoms with van der Waals surface area (Å²) in [6.07, 6.45) is 46.9. The lowest BCUT2D eigenvalue weighted by atomic mass is 9.99. The molecule has 0 saturated carbocycles. The van der Waals surface area contributed by atoms with E-state index in [1.165, 1.54) is 180 Å². The van der Waals surface area contributed by atoms with Gasteiger partial charge in [0.25, 0.3) is 0 Å². The summed E-state index contributed by atoms with van der Waals surface area (Å²) in [5, 5.41) is 64.8. The highest BCUT2D eigenvalue weighted by Gasteiger charge is 2.44. The van der Waals surface area contributed by atoms with Gasteiger partial charge in [0.15, 0.2) is 6.29 Å². The largest absolute Gasteiger partial charge is 0.394 e. The van der Waals surface area contributed by atoms with Crippen LogP contribution in [-0.4, -0.2) is 98.7 Å². The number of hydrogen-bond donors (Lipinski definition) is 7. The van der Waals surface area contributed by atoms with E-state index < -0.39 is 61.5 Å². The van der Waals surface area contributed by atoms with Crippen molar-refractivity contribution in [3.05, 3.63) is 36.5 Å². The Morgan fingerprint density at radius 1 is 0.523 bits per heavy atom. The van der Waals surface area contributed by atoms with Crippen LogP contribution in [0.25, 0.3) is 0 Å². The number of allylic oxidation sites excluding steroid dienone is 5. The van der Waals surface area contributed by atoms with Crippen LogP contribution in [0.3, 0.4) is 0 Å². The van der Waals surface area contributed by atoms with Crippen LogP contribution in [-0.2, 0) is 14.3 Å². The maximum atomic E-state index is 13.1. The van der Waals surface area contributed by atoms with Crippen molar-refractivity contribution in [1.82, 2.24) is 5.32 Å². The molecule has 10 heteroatoms. The maximum Gasteiger partial charge on any atom is 0.249 e. The molecule has 0 bridgehead atoms. The van der Waals surface area contributed by atoms with Crippen molar-refractivity contribution in [2.24, 2.45) is 0 Å². The third kappa shape index (κ3) is 34.3. The van der Waals surface area contributed by atoms with Gasteiger partial charge in [-0.2, -0.15) is 0 Å². The highest BCUT2D eigenvalue weighted by molar-refractivity contribution is 5.80. The van der Waals surface area contributed by atoms with Crippen molar-refractivity contribution in [3.63, 3.8) is 0 Å². The number of rotatable bonds is 46. The molecule has 8 unspecified atom stereocenters. The topological polar surface area (TPSA) is 169 Å². The fourth-order valence-electron chi connectivity index (χ4n) is 8.59. The minimum absolute atomic E-state index is 0.304. The molecule has 0 radical (unpaired) electrons. The molecule has 382 valence electrons. The molecule has 0 aromatic carbocycles. The molecule has 7 N–H and O–H groups in total. The first kappa shape index (κ1) is 61.4. The van der Waals surface area contributed by atoms with Crippen LogP contribution in [0.5, 0.6) is 0 Å². The van der Waals surface area contributed by atoms with Crippen molar-refractivity contribution < 1.29 is 44.9 Å². The Morgan fingerprint density at radius 3 is 1.34 bits per heavy atom. The lowest BCUT2D eigenvalue weighted by Crippen LogP contribution is -2.60. The van der Waals surface area contributed by atoms with Gasteiger partial charge >= 0.3 is 0 Å². The zero-order chi connectivity index (χ0) is 47.4. The lowest BCUT2D eigenvalue weighted by Gasteiger charge is -2.40. The molecule has 1 aliphatic rings. The van der Waals surface area contributed by atoms with Gasteiger partial charge in [-0.15, -0.1) is 0 Å². The molecule has 0 aliphatic carbocycles. The molecule has 1 amide bonds. The molecule has 0 aromatic rings. The molecular weight excluding hydrogens is 819 g/mol. The van der Waals surface area contributed by atoms with E-state index >= 15 is 0 Å². The van der Waals surface area contributed by atoms with E-state index in [1.807, 2.05) is 6.08 Å². The van der Waals surface area contributed by atoms with E-state index in [-0.39, 0.29) is 6.61 Å². The van der Waals surface area contributed by atoms with E-state index in [0.29, 0.717) is 19.3 Å². The average Bonchev–Trinajstić information content (AvgIpc) is 3.31. The number of aliphatic hydroxyl groups is 6. The quantitative estimate of drug-likeness (QED) is 0.0232. The van der Waals surface area contributed by atoms with Crippen molar-refractivity contribution in [2.75, 3.05) is 13.2 Å². The molecule has 1 aliphatic heterocycles. The predicted octanol–water partition coefficient (Wildman–Crippen LogP) is 11.8. The van der Waals surface area contributed by atoms with Crippen molar-refractivity contribution >= 4 is 5.91 Å². The first-order valence-electron chi connectivity index (χ1n) is 27.3. The Morgan fingerprint density at radius 2 is 0.908 bits per heavy atom. The number of nitrogens with one attached hydrogen (secondary N) is 1. The lowest BCUT2D eigenvalue weighted by molar-refractivity contribution is -0.302. The average molecular weight is 922 g/mol. The summed E-state index contributed by atoms with van der Waals surface area (Å²) in [4.78, 5) is 13.1. The summed E-state index contributed by atoms with van der Waals surface area (Å²) in [6, 6.07) is -0.996. The van der Waals surface area contributed by atoms with Gasteiger partial charge in [0.1, 0.15) is 30.5 Å². The molecule has 65 heavy (non-hydrogen) atoms. The Bertz CT molecular complexity index is 1130. The third-order valence-electron chi connectivity index (χ3n) is 13.0.